The van der Waals surface area contributed by atoms with Crippen molar-refractivity contribution in [1.82, 2.24) is 0 Å². The molecular formula is C22H11Br3OS. The predicted molar refractivity (Wildman–Crippen MR) is 127 cm³/mol. The monoisotopic (exact) mass is 560 g/mol. The molecule has 1 heterocycles. The molecule has 0 fully saturated rings. The van der Waals surface area contributed by atoms with Crippen LogP contribution in [-0.2, 0) is 0 Å². The largest absolute Gasteiger partial charge is 0.507 e. The van der Waals surface area contributed by atoms with E-state index in [1.807, 2.05) is 12.1 Å². The molecular weight excluding hydrogens is 552 g/mol. The molecule has 0 aliphatic carbocycles. The Morgan fingerprint density at radius 2 is 1.41 bits per heavy atom. The van der Waals surface area contributed by atoms with Gasteiger partial charge < -0.3 is 5.11 Å². The molecule has 4 aromatic carbocycles. The molecule has 0 unspecified atom stereocenters. The van der Waals surface area contributed by atoms with E-state index in [9.17, 15) is 5.11 Å². The molecule has 0 saturated carbocycles. The number of benzene rings is 4. The third-order valence-corrected chi connectivity index (χ3v) is 8.35. The van der Waals surface area contributed by atoms with Gasteiger partial charge in [0.15, 0.2) is 0 Å². The standard InChI is InChI=1S/C22H11Br3OS/c23-15-10-16(24)17(26)9-14(15)19-11-5-1-2-6-12(11)21(25)22-20(19)13-7-3-4-8-18(13)27-22/h1-10,26H. The summed E-state index contributed by atoms with van der Waals surface area (Å²) in [5.41, 5.74) is 2.11. The molecule has 0 atom stereocenters. The van der Waals surface area contributed by atoms with Crippen molar-refractivity contribution in [3.63, 3.8) is 0 Å². The summed E-state index contributed by atoms with van der Waals surface area (Å²) in [6.45, 7) is 0. The molecule has 0 amide bonds. The van der Waals surface area contributed by atoms with Crippen molar-refractivity contribution in [1.29, 1.82) is 0 Å². The molecule has 5 heteroatoms. The number of phenols is 1. The van der Waals surface area contributed by atoms with Crippen molar-refractivity contribution in [2.24, 2.45) is 0 Å². The maximum atomic E-state index is 10.4. The number of hydrogen-bond acceptors (Lipinski definition) is 2. The molecule has 0 radical (unpaired) electrons. The highest BCUT2D eigenvalue weighted by molar-refractivity contribution is 9.11. The summed E-state index contributed by atoms with van der Waals surface area (Å²) in [6.07, 6.45) is 0. The Bertz CT molecular complexity index is 1370. The van der Waals surface area contributed by atoms with E-state index in [0.717, 1.165) is 25.5 Å². The van der Waals surface area contributed by atoms with Crippen LogP contribution in [0.4, 0.5) is 0 Å². The van der Waals surface area contributed by atoms with Crippen LogP contribution in [0.25, 0.3) is 42.1 Å². The number of fused-ring (bicyclic) bond motifs is 4. The number of phenolic OH excluding ortho intramolecular Hbond substituents is 1. The minimum atomic E-state index is 0.230. The topological polar surface area (TPSA) is 20.2 Å². The first-order valence-corrected chi connectivity index (χ1v) is 11.5. The van der Waals surface area contributed by atoms with Crippen LogP contribution in [0.2, 0.25) is 0 Å². The first-order valence-electron chi connectivity index (χ1n) is 8.26. The minimum Gasteiger partial charge on any atom is -0.507 e. The molecule has 0 bridgehead atoms. The van der Waals surface area contributed by atoms with E-state index in [-0.39, 0.29) is 5.75 Å². The third-order valence-electron chi connectivity index (χ3n) is 4.78. The Hall–Kier alpha value is -1.40. The third kappa shape index (κ3) is 2.67. The van der Waals surface area contributed by atoms with Crippen molar-refractivity contribution in [3.8, 4) is 16.9 Å². The van der Waals surface area contributed by atoms with Crippen molar-refractivity contribution < 1.29 is 5.11 Å². The van der Waals surface area contributed by atoms with E-state index < -0.39 is 0 Å². The van der Waals surface area contributed by atoms with Crippen LogP contribution in [0.3, 0.4) is 0 Å². The average molecular weight is 563 g/mol. The summed E-state index contributed by atoms with van der Waals surface area (Å²) < 4.78 is 5.21. The van der Waals surface area contributed by atoms with Crippen molar-refractivity contribution in [2.45, 2.75) is 0 Å². The Kier molecular flexibility index (Phi) is 4.32. The lowest BCUT2D eigenvalue weighted by Crippen LogP contribution is -1.87. The molecule has 1 nitrogen and oxygen atoms in total. The van der Waals surface area contributed by atoms with Crippen molar-refractivity contribution in [2.75, 3.05) is 0 Å². The summed E-state index contributed by atoms with van der Waals surface area (Å²) in [5.74, 6) is 0.230. The van der Waals surface area contributed by atoms with Crippen molar-refractivity contribution in [3.05, 3.63) is 74.1 Å². The fourth-order valence-electron chi connectivity index (χ4n) is 3.61. The Morgan fingerprint density at radius 3 is 2.19 bits per heavy atom. The van der Waals surface area contributed by atoms with Crippen LogP contribution in [0.5, 0.6) is 5.75 Å². The van der Waals surface area contributed by atoms with E-state index in [0.29, 0.717) is 4.47 Å². The van der Waals surface area contributed by atoms with Crippen molar-refractivity contribution >= 4 is 90.1 Å². The van der Waals surface area contributed by atoms with Crippen LogP contribution in [0, 0.1) is 0 Å². The van der Waals surface area contributed by atoms with Crippen LogP contribution < -0.4 is 0 Å². The SMILES string of the molecule is Oc1cc(-c2c3ccccc3c(Br)c3sc4ccccc4c23)c(Br)cc1Br. The van der Waals surface area contributed by atoms with Gasteiger partial charge >= 0.3 is 0 Å². The molecule has 5 rings (SSSR count). The number of aromatic hydroxyl groups is 1. The van der Waals surface area contributed by atoms with Gasteiger partial charge in [0.05, 0.1) is 9.17 Å². The first kappa shape index (κ1) is 17.7. The quantitative estimate of drug-likeness (QED) is 0.216. The Labute approximate surface area is 185 Å². The lowest BCUT2D eigenvalue weighted by molar-refractivity contribution is 0.472. The zero-order valence-electron chi connectivity index (χ0n) is 13.8. The van der Waals surface area contributed by atoms with Gasteiger partial charge in [-0.1, -0.05) is 58.4 Å². The second-order valence-corrected chi connectivity index (χ2v) is 9.87. The highest BCUT2D eigenvalue weighted by atomic mass is 79.9. The lowest BCUT2D eigenvalue weighted by atomic mass is 9.93. The number of rotatable bonds is 1. The van der Waals surface area contributed by atoms with E-state index >= 15 is 0 Å². The first-order chi connectivity index (χ1) is 13.1. The highest BCUT2D eigenvalue weighted by Crippen LogP contribution is 2.50. The smallest absolute Gasteiger partial charge is 0.130 e. The molecule has 1 N–H and O–H groups in total. The van der Waals surface area contributed by atoms with Gasteiger partial charge in [-0.05, 0) is 60.8 Å². The number of halogens is 3. The molecule has 1 aromatic heterocycles. The summed E-state index contributed by atoms with van der Waals surface area (Å²) in [5, 5.41) is 15.1. The fraction of sp³-hybridized carbons (Fsp3) is 0. The second kappa shape index (κ2) is 6.59. The van der Waals surface area contributed by atoms with Gasteiger partial charge in [0.25, 0.3) is 0 Å². The Balaban J connectivity index is 2.10. The van der Waals surface area contributed by atoms with Gasteiger partial charge in [0.2, 0.25) is 0 Å². The maximum absolute atomic E-state index is 10.4. The molecule has 0 spiro atoms. The van der Waals surface area contributed by atoms with E-state index in [2.05, 4.69) is 96.3 Å². The van der Waals surface area contributed by atoms with Crippen LogP contribution in [0.15, 0.2) is 74.1 Å². The van der Waals surface area contributed by atoms with E-state index in [1.165, 1.54) is 25.6 Å². The second-order valence-electron chi connectivity index (χ2n) is 6.32. The molecule has 0 aliphatic heterocycles. The minimum absolute atomic E-state index is 0.230. The fourth-order valence-corrected chi connectivity index (χ4v) is 6.75. The molecule has 27 heavy (non-hydrogen) atoms. The summed E-state index contributed by atoms with van der Waals surface area (Å²) in [7, 11) is 0. The van der Waals surface area contributed by atoms with Gasteiger partial charge in [0, 0.05) is 35.5 Å². The molecule has 0 saturated heterocycles. The van der Waals surface area contributed by atoms with Gasteiger partial charge in [-0.25, -0.2) is 0 Å². The van der Waals surface area contributed by atoms with E-state index in [1.54, 1.807) is 11.3 Å². The van der Waals surface area contributed by atoms with Crippen LogP contribution >= 0.6 is 59.1 Å². The zero-order chi connectivity index (χ0) is 18.7. The van der Waals surface area contributed by atoms with Crippen LogP contribution in [0.1, 0.15) is 0 Å². The van der Waals surface area contributed by atoms with Gasteiger partial charge in [0.1, 0.15) is 5.75 Å². The normalized spacial score (nSPS) is 11.7. The number of hydrogen-bond donors (Lipinski definition) is 1. The zero-order valence-corrected chi connectivity index (χ0v) is 19.3. The molecule has 0 aliphatic rings. The average Bonchev–Trinajstić information content (AvgIpc) is 3.06. The molecule has 132 valence electrons. The van der Waals surface area contributed by atoms with E-state index in [4.69, 9.17) is 0 Å². The predicted octanol–water partition coefficient (Wildman–Crippen LogP) is 8.87. The Morgan fingerprint density at radius 1 is 0.741 bits per heavy atom. The highest BCUT2D eigenvalue weighted by Gasteiger charge is 2.20. The van der Waals surface area contributed by atoms with Crippen LogP contribution in [-0.4, -0.2) is 5.11 Å². The summed E-state index contributed by atoms with van der Waals surface area (Å²) >= 11 is 12.8. The molecule has 5 aromatic rings. The maximum Gasteiger partial charge on any atom is 0.130 e. The van der Waals surface area contributed by atoms with Gasteiger partial charge in [-0.2, -0.15) is 0 Å². The summed E-state index contributed by atoms with van der Waals surface area (Å²) in [4.78, 5) is 0. The summed E-state index contributed by atoms with van der Waals surface area (Å²) in [6, 6.07) is 20.6. The van der Waals surface area contributed by atoms with Gasteiger partial charge in [-0.3, -0.25) is 0 Å². The lowest BCUT2D eigenvalue weighted by Gasteiger charge is -2.14. The number of thiophene rings is 1. The van der Waals surface area contributed by atoms with Gasteiger partial charge in [-0.15, -0.1) is 11.3 Å².